The van der Waals surface area contributed by atoms with Crippen LogP contribution in [0.4, 0.5) is 0 Å². The second-order valence-electron chi connectivity index (χ2n) is 5.96. The zero-order chi connectivity index (χ0) is 13.7. The molecule has 1 atom stereocenters. The highest BCUT2D eigenvalue weighted by Crippen LogP contribution is 2.35. The van der Waals surface area contributed by atoms with Gasteiger partial charge in [-0.1, -0.05) is 6.92 Å². The zero-order valence-electron chi connectivity index (χ0n) is 12.4. The van der Waals surface area contributed by atoms with Crippen molar-refractivity contribution in [3.63, 3.8) is 0 Å². The van der Waals surface area contributed by atoms with E-state index in [1.807, 2.05) is 0 Å². The first kappa shape index (κ1) is 14.8. The van der Waals surface area contributed by atoms with E-state index in [0.29, 0.717) is 11.8 Å². The third kappa shape index (κ3) is 3.29. The van der Waals surface area contributed by atoms with Crippen LogP contribution >= 0.6 is 0 Å². The Kier molecular flexibility index (Phi) is 5.22. The molecule has 110 valence electrons. The van der Waals surface area contributed by atoms with Crippen LogP contribution in [0, 0.1) is 11.3 Å². The van der Waals surface area contributed by atoms with Crippen LogP contribution in [0.3, 0.4) is 0 Å². The number of nitrogens with zero attached hydrogens (tertiary/aromatic N) is 1. The highest BCUT2D eigenvalue weighted by atomic mass is 16.5. The Balaban J connectivity index is 2.00. The van der Waals surface area contributed by atoms with Gasteiger partial charge in [-0.25, -0.2) is 0 Å². The van der Waals surface area contributed by atoms with Crippen LogP contribution in [0.25, 0.3) is 0 Å². The number of nitrogens with one attached hydrogen (secondary N) is 1. The Hall–Kier alpha value is -0.610. The Labute approximate surface area is 116 Å². The number of carbonyl (C=O) groups is 1. The molecule has 0 aromatic heterocycles. The van der Waals surface area contributed by atoms with E-state index in [1.165, 1.54) is 0 Å². The average molecular weight is 268 g/mol. The van der Waals surface area contributed by atoms with E-state index >= 15 is 0 Å². The third-order valence-corrected chi connectivity index (χ3v) is 4.86. The Morgan fingerprint density at radius 1 is 1.37 bits per heavy atom. The maximum Gasteiger partial charge on any atom is 0.228 e. The van der Waals surface area contributed by atoms with Crippen molar-refractivity contribution in [1.82, 2.24) is 10.2 Å². The fourth-order valence-corrected chi connectivity index (χ4v) is 3.35. The number of hydrogen-bond acceptors (Lipinski definition) is 3. The molecule has 0 aromatic carbocycles. The van der Waals surface area contributed by atoms with Crippen molar-refractivity contribution in [3.8, 4) is 0 Å². The molecule has 4 heteroatoms. The topological polar surface area (TPSA) is 41.6 Å². The van der Waals surface area contributed by atoms with Gasteiger partial charge in [0.25, 0.3) is 0 Å². The lowest BCUT2D eigenvalue weighted by Gasteiger charge is -2.40. The van der Waals surface area contributed by atoms with Crippen molar-refractivity contribution < 1.29 is 9.53 Å². The van der Waals surface area contributed by atoms with Gasteiger partial charge in [0.1, 0.15) is 0 Å². The minimum absolute atomic E-state index is 0.110. The van der Waals surface area contributed by atoms with Crippen molar-refractivity contribution in [2.45, 2.75) is 39.5 Å². The molecule has 1 amide bonds. The molecule has 2 heterocycles. The molecule has 0 saturated carbocycles. The number of carbonyl (C=O) groups excluding carboxylic acids is 1. The summed E-state index contributed by atoms with van der Waals surface area (Å²) < 4.78 is 5.43. The highest BCUT2D eigenvalue weighted by molar-refractivity contribution is 5.82. The van der Waals surface area contributed by atoms with E-state index in [9.17, 15) is 4.79 Å². The van der Waals surface area contributed by atoms with Gasteiger partial charge in [-0.05, 0) is 45.7 Å². The second-order valence-corrected chi connectivity index (χ2v) is 5.96. The van der Waals surface area contributed by atoms with Gasteiger partial charge in [-0.2, -0.15) is 0 Å². The summed E-state index contributed by atoms with van der Waals surface area (Å²) in [7, 11) is 0. The van der Waals surface area contributed by atoms with Crippen molar-refractivity contribution in [2.75, 3.05) is 39.4 Å². The van der Waals surface area contributed by atoms with E-state index < -0.39 is 0 Å². The molecule has 2 aliphatic rings. The van der Waals surface area contributed by atoms with Gasteiger partial charge in [0.2, 0.25) is 5.91 Å². The van der Waals surface area contributed by atoms with E-state index in [0.717, 1.165) is 65.1 Å². The van der Waals surface area contributed by atoms with Crippen LogP contribution in [0.15, 0.2) is 0 Å². The van der Waals surface area contributed by atoms with Crippen LogP contribution < -0.4 is 5.32 Å². The molecule has 2 rings (SSSR count). The smallest absolute Gasteiger partial charge is 0.228 e. The summed E-state index contributed by atoms with van der Waals surface area (Å²) in [6.07, 6.45) is 4.04. The molecule has 2 aliphatic heterocycles. The van der Waals surface area contributed by atoms with Crippen LogP contribution in [-0.2, 0) is 9.53 Å². The normalized spacial score (nSPS) is 26.3. The molecule has 19 heavy (non-hydrogen) atoms. The number of piperidine rings is 1. The minimum Gasteiger partial charge on any atom is -0.381 e. The van der Waals surface area contributed by atoms with Gasteiger partial charge in [0, 0.05) is 25.6 Å². The molecule has 0 bridgehead atoms. The second kappa shape index (κ2) is 6.71. The van der Waals surface area contributed by atoms with Gasteiger partial charge in [0.05, 0.1) is 12.0 Å². The van der Waals surface area contributed by atoms with Crippen LogP contribution in [-0.4, -0.2) is 50.2 Å². The molecule has 0 spiro atoms. The molecule has 2 fully saturated rings. The highest BCUT2D eigenvalue weighted by Gasteiger charge is 2.40. The van der Waals surface area contributed by atoms with Gasteiger partial charge < -0.3 is 15.0 Å². The first-order chi connectivity index (χ1) is 9.22. The Bertz CT molecular complexity index is 295. The summed E-state index contributed by atoms with van der Waals surface area (Å²) >= 11 is 0. The summed E-state index contributed by atoms with van der Waals surface area (Å²) in [6.45, 7) is 9.60. The number of amides is 1. The van der Waals surface area contributed by atoms with E-state index in [-0.39, 0.29) is 5.41 Å². The lowest BCUT2D eigenvalue weighted by Crippen LogP contribution is -2.50. The van der Waals surface area contributed by atoms with Gasteiger partial charge in [0.15, 0.2) is 0 Å². The molecular weight excluding hydrogens is 240 g/mol. The minimum atomic E-state index is -0.110. The standard InChI is InChI=1S/C15H28N2O2/c1-3-15(6-8-16-9-7-15)14(18)17(4-2)11-13-5-10-19-12-13/h13,16H,3-12H2,1-2H3. The fraction of sp³-hybridized carbons (Fsp3) is 0.933. The average Bonchev–Trinajstić information content (AvgIpc) is 2.97. The predicted octanol–water partition coefficient (Wildman–Crippen LogP) is 1.65. The first-order valence-electron chi connectivity index (χ1n) is 7.79. The van der Waals surface area contributed by atoms with Crippen LogP contribution in [0.1, 0.15) is 39.5 Å². The Morgan fingerprint density at radius 3 is 2.63 bits per heavy atom. The van der Waals surface area contributed by atoms with Gasteiger partial charge >= 0.3 is 0 Å². The first-order valence-corrected chi connectivity index (χ1v) is 7.79. The molecule has 1 N–H and O–H groups in total. The van der Waals surface area contributed by atoms with E-state index in [2.05, 4.69) is 24.1 Å². The summed E-state index contributed by atoms with van der Waals surface area (Å²) in [5, 5.41) is 3.37. The monoisotopic (exact) mass is 268 g/mol. The summed E-state index contributed by atoms with van der Waals surface area (Å²) in [5.74, 6) is 0.922. The molecule has 2 saturated heterocycles. The number of rotatable bonds is 5. The van der Waals surface area contributed by atoms with Crippen LogP contribution in [0.2, 0.25) is 0 Å². The quantitative estimate of drug-likeness (QED) is 0.824. The molecule has 4 nitrogen and oxygen atoms in total. The molecule has 0 aliphatic carbocycles. The van der Waals surface area contributed by atoms with E-state index in [1.54, 1.807) is 0 Å². The van der Waals surface area contributed by atoms with Crippen molar-refractivity contribution >= 4 is 5.91 Å². The number of hydrogen-bond donors (Lipinski definition) is 1. The van der Waals surface area contributed by atoms with Crippen molar-refractivity contribution in [2.24, 2.45) is 11.3 Å². The van der Waals surface area contributed by atoms with Crippen molar-refractivity contribution in [1.29, 1.82) is 0 Å². The maximum absolute atomic E-state index is 12.9. The summed E-state index contributed by atoms with van der Waals surface area (Å²) in [5.41, 5.74) is -0.110. The SMILES string of the molecule is CCN(CC1CCOC1)C(=O)C1(CC)CCNCC1. The van der Waals surface area contributed by atoms with Gasteiger partial charge in [-0.3, -0.25) is 4.79 Å². The third-order valence-electron chi connectivity index (χ3n) is 4.86. The molecule has 0 radical (unpaired) electrons. The van der Waals surface area contributed by atoms with Crippen LogP contribution in [0.5, 0.6) is 0 Å². The Morgan fingerprint density at radius 2 is 2.11 bits per heavy atom. The lowest BCUT2D eigenvalue weighted by molar-refractivity contribution is -0.144. The fourth-order valence-electron chi connectivity index (χ4n) is 3.35. The molecular formula is C15H28N2O2. The van der Waals surface area contributed by atoms with Crippen molar-refractivity contribution in [3.05, 3.63) is 0 Å². The molecule has 0 aromatic rings. The lowest BCUT2D eigenvalue weighted by atomic mass is 9.75. The van der Waals surface area contributed by atoms with Gasteiger partial charge in [-0.15, -0.1) is 0 Å². The van der Waals surface area contributed by atoms with E-state index in [4.69, 9.17) is 4.74 Å². The summed E-state index contributed by atoms with van der Waals surface area (Å²) in [4.78, 5) is 15.0. The largest absolute Gasteiger partial charge is 0.381 e. The summed E-state index contributed by atoms with van der Waals surface area (Å²) in [6, 6.07) is 0. The maximum atomic E-state index is 12.9. The number of ether oxygens (including phenoxy) is 1. The predicted molar refractivity (Wildman–Crippen MR) is 76.0 cm³/mol. The molecule has 1 unspecified atom stereocenters. The zero-order valence-corrected chi connectivity index (χ0v) is 12.4.